The van der Waals surface area contributed by atoms with E-state index in [1.54, 1.807) is 18.7 Å². The fourth-order valence-electron chi connectivity index (χ4n) is 1.95. The number of carbonyl (C=O) groups excluding carboxylic acids is 2. The first kappa shape index (κ1) is 16.2. The fraction of sp³-hybridized carbons (Fsp3) is 0.846. The zero-order valence-electron chi connectivity index (χ0n) is 11.8. The van der Waals surface area contributed by atoms with Gasteiger partial charge in [0.05, 0.1) is 6.42 Å². The van der Waals surface area contributed by atoms with Crippen LogP contribution >= 0.6 is 11.6 Å². The fourth-order valence-corrected chi connectivity index (χ4v) is 2.15. The summed E-state index contributed by atoms with van der Waals surface area (Å²) in [5.41, 5.74) is 0. The minimum atomic E-state index is -0.942. The Morgan fingerprint density at radius 1 is 1.42 bits per heavy atom. The van der Waals surface area contributed by atoms with Gasteiger partial charge in [0.25, 0.3) is 0 Å². The molecular formula is C13H22ClNO4. The SMILES string of the molecule is CCCCN(CCCl)C(=O)CC1OC(C)(C)OC1=O. The second-order valence-electron chi connectivity index (χ2n) is 5.05. The van der Waals surface area contributed by atoms with Crippen LogP contribution in [0.15, 0.2) is 0 Å². The van der Waals surface area contributed by atoms with Crippen molar-refractivity contribution in [3.8, 4) is 0 Å². The molecule has 0 aromatic carbocycles. The first-order chi connectivity index (χ1) is 8.89. The summed E-state index contributed by atoms with van der Waals surface area (Å²) >= 11 is 5.69. The number of nitrogens with zero attached hydrogens (tertiary/aromatic N) is 1. The normalized spacial score (nSPS) is 21.3. The maximum atomic E-state index is 12.1. The molecule has 1 unspecified atom stereocenters. The molecule has 0 aliphatic carbocycles. The highest BCUT2D eigenvalue weighted by Crippen LogP contribution is 2.25. The molecule has 6 heteroatoms. The molecule has 5 nitrogen and oxygen atoms in total. The molecule has 1 aliphatic heterocycles. The molecule has 0 spiro atoms. The van der Waals surface area contributed by atoms with E-state index in [-0.39, 0.29) is 12.3 Å². The van der Waals surface area contributed by atoms with Crippen LogP contribution in [0.2, 0.25) is 0 Å². The van der Waals surface area contributed by atoms with E-state index in [2.05, 4.69) is 6.92 Å². The van der Waals surface area contributed by atoms with Crippen molar-refractivity contribution in [1.82, 2.24) is 4.90 Å². The Morgan fingerprint density at radius 2 is 2.11 bits per heavy atom. The maximum Gasteiger partial charge on any atom is 0.338 e. The number of unbranched alkanes of at least 4 members (excludes halogenated alkanes) is 1. The lowest BCUT2D eigenvalue weighted by atomic mass is 10.2. The van der Waals surface area contributed by atoms with Gasteiger partial charge in [0.2, 0.25) is 11.7 Å². The first-order valence-electron chi connectivity index (χ1n) is 6.64. The van der Waals surface area contributed by atoms with E-state index >= 15 is 0 Å². The van der Waals surface area contributed by atoms with E-state index in [0.717, 1.165) is 12.8 Å². The summed E-state index contributed by atoms with van der Waals surface area (Å²) in [5.74, 6) is -1.15. The number of hydrogen-bond acceptors (Lipinski definition) is 4. The van der Waals surface area contributed by atoms with Gasteiger partial charge in [-0.1, -0.05) is 13.3 Å². The van der Waals surface area contributed by atoms with E-state index in [9.17, 15) is 9.59 Å². The number of ether oxygens (including phenoxy) is 2. The van der Waals surface area contributed by atoms with Crippen molar-refractivity contribution in [1.29, 1.82) is 0 Å². The van der Waals surface area contributed by atoms with Crippen molar-refractivity contribution < 1.29 is 19.1 Å². The third-order valence-corrected chi connectivity index (χ3v) is 3.05. The van der Waals surface area contributed by atoms with Crippen LogP contribution in [0.5, 0.6) is 0 Å². The number of carbonyl (C=O) groups is 2. The molecule has 0 saturated carbocycles. The molecule has 1 atom stereocenters. The van der Waals surface area contributed by atoms with Crippen molar-refractivity contribution in [2.75, 3.05) is 19.0 Å². The summed E-state index contributed by atoms with van der Waals surface area (Å²) in [6.45, 7) is 6.52. The van der Waals surface area contributed by atoms with Crippen LogP contribution in [0, 0.1) is 0 Å². The molecule has 19 heavy (non-hydrogen) atoms. The van der Waals surface area contributed by atoms with E-state index in [1.165, 1.54) is 0 Å². The van der Waals surface area contributed by atoms with Crippen LogP contribution in [0.1, 0.15) is 40.0 Å². The molecule has 0 aromatic heterocycles. The third kappa shape index (κ3) is 4.99. The Bertz CT molecular complexity index is 333. The smallest absolute Gasteiger partial charge is 0.338 e. The average Bonchev–Trinajstić information content (AvgIpc) is 2.57. The standard InChI is InChI=1S/C13H22ClNO4/c1-4-5-7-15(8-6-14)11(16)9-10-12(17)19-13(2,3)18-10/h10H,4-9H2,1-3H3. The average molecular weight is 292 g/mol. The van der Waals surface area contributed by atoms with Gasteiger partial charge in [0.1, 0.15) is 0 Å². The van der Waals surface area contributed by atoms with Crippen molar-refractivity contribution in [2.24, 2.45) is 0 Å². The van der Waals surface area contributed by atoms with Crippen LogP contribution in [-0.4, -0.2) is 47.6 Å². The molecule has 1 heterocycles. The molecular weight excluding hydrogens is 270 g/mol. The maximum absolute atomic E-state index is 12.1. The lowest BCUT2D eigenvalue weighted by Crippen LogP contribution is -2.37. The highest BCUT2D eigenvalue weighted by Gasteiger charge is 2.42. The van der Waals surface area contributed by atoms with Gasteiger partial charge in [-0.15, -0.1) is 11.6 Å². The summed E-state index contributed by atoms with van der Waals surface area (Å²) in [7, 11) is 0. The minimum absolute atomic E-state index is 0.0167. The molecule has 1 rings (SSSR count). The van der Waals surface area contributed by atoms with Gasteiger partial charge in [0.15, 0.2) is 6.10 Å². The molecule has 1 fully saturated rings. The zero-order chi connectivity index (χ0) is 14.5. The zero-order valence-corrected chi connectivity index (χ0v) is 12.5. The van der Waals surface area contributed by atoms with Gasteiger partial charge >= 0.3 is 5.97 Å². The van der Waals surface area contributed by atoms with Crippen LogP contribution in [0.4, 0.5) is 0 Å². The Hall–Kier alpha value is -0.810. The summed E-state index contributed by atoms with van der Waals surface area (Å²) < 4.78 is 10.4. The topological polar surface area (TPSA) is 55.8 Å². The summed E-state index contributed by atoms with van der Waals surface area (Å²) in [6, 6.07) is 0. The predicted octanol–water partition coefficient (Wildman–Crippen LogP) is 1.92. The summed E-state index contributed by atoms with van der Waals surface area (Å²) in [4.78, 5) is 25.4. The van der Waals surface area contributed by atoms with Crippen molar-refractivity contribution in [3.63, 3.8) is 0 Å². The van der Waals surface area contributed by atoms with Crippen molar-refractivity contribution in [3.05, 3.63) is 0 Å². The monoisotopic (exact) mass is 291 g/mol. The first-order valence-corrected chi connectivity index (χ1v) is 7.17. The number of rotatable bonds is 7. The molecule has 1 aliphatic rings. The molecule has 0 radical (unpaired) electrons. The Balaban J connectivity index is 2.54. The number of esters is 1. The number of halogens is 1. The second kappa shape index (κ2) is 7.10. The van der Waals surface area contributed by atoms with E-state index < -0.39 is 17.9 Å². The van der Waals surface area contributed by atoms with E-state index in [0.29, 0.717) is 19.0 Å². The summed E-state index contributed by atoms with van der Waals surface area (Å²) in [5, 5.41) is 0. The second-order valence-corrected chi connectivity index (χ2v) is 5.43. The Kier molecular flexibility index (Phi) is 6.07. The lowest BCUT2D eigenvalue weighted by Gasteiger charge is -2.22. The van der Waals surface area contributed by atoms with Crippen LogP contribution in [0.25, 0.3) is 0 Å². The summed E-state index contributed by atoms with van der Waals surface area (Å²) in [6.07, 6.45) is 1.13. The van der Waals surface area contributed by atoms with Gasteiger partial charge in [0, 0.05) is 32.8 Å². The number of hydrogen-bond donors (Lipinski definition) is 0. The lowest BCUT2D eigenvalue weighted by molar-refractivity contribution is -0.161. The van der Waals surface area contributed by atoms with Gasteiger partial charge < -0.3 is 14.4 Å². The van der Waals surface area contributed by atoms with E-state index in [4.69, 9.17) is 21.1 Å². The van der Waals surface area contributed by atoms with Gasteiger partial charge in [-0.25, -0.2) is 4.79 Å². The molecule has 1 amide bonds. The third-order valence-electron chi connectivity index (χ3n) is 2.88. The van der Waals surface area contributed by atoms with Crippen LogP contribution < -0.4 is 0 Å². The number of amides is 1. The van der Waals surface area contributed by atoms with Gasteiger partial charge in [-0.2, -0.15) is 0 Å². The Morgan fingerprint density at radius 3 is 2.58 bits per heavy atom. The molecule has 110 valence electrons. The molecule has 0 N–H and O–H groups in total. The largest absolute Gasteiger partial charge is 0.432 e. The molecule has 0 bridgehead atoms. The van der Waals surface area contributed by atoms with Crippen LogP contribution in [0.3, 0.4) is 0 Å². The quantitative estimate of drug-likeness (QED) is 0.531. The van der Waals surface area contributed by atoms with Crippen molar-refractivity contribution >= 4 is 23.5 Å². The Labute approximate surface area is 119 Å². The highest BCUT2D eigenvalue weighted by atomic mass is 35.5. The van der Waals surface area contributed by atoms with Crippen molar-refractivity contribution in [2.45, 2.75) is 51.9 Å². The highest BCUT2D eigenvalue weighted by molar-refractivity contribution is 6.18. The van der Waals surface area contributed by atoms with Crippen LogP contribution in [-0.2, 0) is 19.1 Å². The number of cyclic esters (lactones) is 1. The van der Waals surface area contributed by atoms with E-state index in [1.807, 2.05) is 0 Å². The predicted molar refractivity (Wildman–Crippen MR) is 71.9 cm³/mol. The van der Waals surface area contributed by atoms with Gasteiger partial charge in [-0.05, 0) is 6.42 Å². The molecule has 0 aromatic rings. The number of alkyl halides is 1. The van der Waals surface area contributed by atoms with Gasteiger partial charge in [-0.3, -0.25) is 4.79 Å². The molecule has 1 saturated heterocycles. The minimum Gasteiger partial charge on any atom is -0.432 e.